The summed E-state index contributed by atoms with van der Waals surface area (Å²) >= 11 is 0. The highest BCUT2D eigenvalue weighted by atomic mass is 32.2. The average molecular weight is 347 g/mol. The summed E-state index contributed by atoms with van der Waals surface area (Å²) in [6.45, 7) is 0.502. The maximum absolute atomic E-state index is 12.5. The summed E-state index contributed by atoms with van der Waals surface area (Å²) in [6, 6.07) is 13.8. The highest BCUT2D eigenvalue weighted by Gasteiger charge is 2.15. The minimum atomic E-state index is -3.34. The van der Waals surface area contributed by atoms with Crippen LogP contribution in [0.2, 0.25) is 0 Å². The predicted octanol–water partition coefficient (Wildman–Crippen LogP) is 2.41. The first-order valence-corrected chi connectivity index (χ1v) is 9.39. The minimum absolute atomic E-state index is 0.145. The monoisotopic (exact) mass is 347 g/mol. The number of nitrogens with zero attached hydrogens (tertiary/aromatic N) is 1. The van der Waals surface area contributed by atoms with Gasteiger partial charge in [-0.1, -0.05) is 24.3 Å². The van der Waals surface area contributed by atoms with E-state index in [0.717, 1.165) is 17.6 Å². The van der Waals surface area contributed by atoms with Gasteiger partial charge in [0.2, 0.25) is 0 Å². The third kappa shape index (κ3) is 4.35. The molecule has 0 unspecified atom stereocenters. The van der Waals surface area contributed by atoms with Gasteiger partial charge in [0.25, 0.3) is 5.91 Å². The lowest BCUT2D eigenvalue weighted by molar-refractivity contribution is 0.0796. The first kappa shape index (κ1) is 18.0. The molecule has 1 amide bonds. The Balaban J connectivity index is 2.10. The van der Waals surface area contributed by atoms with Crippen LogP contribution in [0.15, 0.2) is 53.4 Å². The van der Waals surface area contributed by atoms with Gasteiger partial charge in [-0.3, -0.25) is 4.79 Å². The van der Waals surface area contributed by atoms with Crippen LogP contribution in [0.1, 0.15) is 15.9 Å². The second-order valence-corrected chi connectivity index (χ2v) is 7.60. The SMILES string of the molecule is COc1ccccc1CCN(C)C(=O)c1cccc(S(C)(=O)=O)c1. The van der Waals surface area contributed by atoms with Gasteiger partial charge in [0.1, 0.15) is 5.75 Å². The number of ether oxygens (including phenoxy) is 1. The van der Waals surface area contributed by atoms with Crippen LogP contribution in [0, 0.1) is 0 Å². The van der Waals surface area contributed by atoms with Gasteiger partial charge in [-0.15, -0.1) is 0 Å². The molecular formula is C18H21NO4S. The summed E-state index contributed by atoms with van der Waals surface area (Å²) < 4.78 is 28.5. The van der Waals surface area contributed by atoms with Crippen molar-refractivity contribution >= 4 is 15.7 Å². The Morgan fingerprint density at radius 1 is 1.12 bits per heavy atom. The molecule has 0 aromatic heterocycles. The van der Waals surface area contributed by atoms with E-state index in [1.54, 1.807) is 31.2 Å². The molecule has 0 spiro atoms. The first-order chi connectivity index (χ1) is 11.3. The van der Waals surface area contributed by atoms with Gasteiger partial charge in [0.05, 0.1) is 12.0 Å². The van der Waals surface area contributed by atoms with Crippen molar-refractivity contribution in [1.82, 2.24) is 4.90 Å². The zero-order chi connectivity index (χ0) is 17.7. The third-order valence-corrected chi connectivity index (χ3v) is 4.88. The molecule has 0 saturated carbocycles. The Bertz CT molecular complexity index is 830. The molecule has 0 aliphatic rings. The summed E-state index contributed by atoms with van der Waals surface area (Å²) in [5.41, 5.74) is 1.38. The number of methoxy groups -OCH3 is 1. The summed E-state index contributed by atoms with van der Waals surface area (Å²) in [5.74, 6) is 0.577. The number of carbonyl (C=O) groups is 1. The van der Waals surface area contributed by atoms with Crippen LogP contribution in [-0.2, 0) is 16.3 Å². The minimum Gasteiger partial charge on any atom is -0.496 e. The van der Waals surface area contributed by atoms with Crippen LogP contribution in [0.4, 0.5) is 0 Å². The van der Waals surface area contributed by atoms with E-state index in [9.17, 15) is 13.2 Å². The molecular weight excluding hydrogens is 326 g/mol. The van der Waals surface area contributed by atoms with Crippen molar-refractivity contribution in [2.24, 2.45) is 0 Å². The largest absolute Gasteiger partial charge is 0.496 e. The third-order valence-electron chi connectivity index (χ3n) is 3.76. The summed E-state index contributed by atoms with van der Waals surface area (Å²) in [7, 11) is -0.0214. The lowest BCUT2D eigenvalue weighted by Gasteiger charge is -2.18. The fourth-order valence-electron chi connectivity index (χ4n) is 2.38. The number of rotatable bonds is 6. The number of amides is 1. The number of likely N-dealkylation sites (N-methyl/N-ethyl adjacent to an activating group) is 1. The Kier molecular flexibility index (Phi) is 5.62. The smallest absolute Gasteiger partial charge is 0.253 e. The zero-order valence-electron chi connectivity index (χ0n) is 14.0. The lowest BCUT2D eigenvalue weighted by Crippen LogP contribution is -2.29. The predicted molar refractivity (Wildman–Crippen MR) is 93.2 cm³/mol. The fraction of sp³-hybridized carbons (Fsp3) is 0.278. The Morgan fingerprint density at radius 3 is 2.50 bits per heavy atom. The van der Waals surface area contributed by atoms with Crippen molar-refractivity contribution in [2.75, 3.05) is 27.0 Å². The molecule has 2 rings (SSSR count). The van der Waals surface area contributed by atoms with E-state index in [-0.39, 0.29) is 10.8 Å². The van der Waals surface area contributed by atoms with Crippen molar-refractivity contribution in [3.63, 3.8) is 0 Å². The summed E-state index contributed by atoms with van der Waals surface area (Å²) in [5, 5.41) is 0. The number of benzene rings is 2. The van der Waals surface area contributed by atoms with Gasteiger partial charge in [-0.25, -0.2) is 8.42 Å². The molecule has 0 fully saturated rings. The molecule has 24 heavy (non-hydrogen) atoms. The van der Waals surface area contributed by atoms with Crippen molar-refractivity contribution in [3.8, 4) is 5.75 Å². The summed E-state index contributed by atoms with van der Waals surface area (Å²) in [6.07, 6.45) is 1.78. The Hall–Kier alpha value is -2.34. The molecule has 6 heteroatoms. The molecule has 2 aromatic rings. The van der Waals surface area contributed by atoms with Gasteiger partial charge in [-0.05, 0) is 36.2 Å². The number of sulfone groups is 1. The molecule has 0 bridgehead atoms. The number of hydrogen-bond donors (Lipinski definition) is 0. The number of hydrogen-bond acceptors (Lipinski definition) is 4. The second-order valence-electron chi connectivity index (χ2n) is 5.59. The standard InChI is InChI=1S/C18H21NO4S/c1-19(12-11-14-7-4-5-10-17(14)23-2)18(20)15-8-6-9-16(13-15)24(3,21)22/h4-10,13H,11-12H2,1-3H3. The van der Waals surface area contributed by atoms with Crippen LogP contribution < -0.4 is 4.74 Å². The molecule has 0 radical (unpaired) electrons. The zero-order valence-corrected chi connectivity index (χ0v) is 14.8. The molecule has 5 nitrogen and oxygen atoms in total. The lowest BCUT2D eigenvalue weighted by atomic mass is 10.1. The van der Waals surface area contributed by atoms with Crippen LogP contribution in [-0.4, -0.2) is 46.2 Å². The highest BCUT2D eigenvalue weighted by molar-refractivity contribution is 7.90. The maximum atomic E-state index is 12.5. The van der Waals surface area contributed by atoms with Crippen LogP contribution >= 0.6 is 0 Å². The van der Waals surface area contributed by atoms with E-state index in [1.165, 1.54) is 12.1 Å². The fourth-order valence-corrected chi connectivity index (χ4v) is 3.05. The quantitative estimate of drug-likeness (QED) is 0.805. The van der Waals surface area contributed by atoms with E-state index in [4.69, 9.17) is 4.74 Å². The van der Waals surface area contributed by atoms with E-state index in [0.29, 0.717) is 18.5 Å². The van der Waals surface area contributed by atoms with Gasteiger partial charge >= 0.3 is 0 Å². The topological polar surface area (TPSA) is 63.7 Å². The number of carbonyl (C=O) groups excluding carboxylic acids is 1. The molecule has 0 saturated heterocycles. The maximum Gasteiger partial charge on any atom is 0.253 e. The molecule has 0 aliphatic carbocycles. The average Bonchev–Trinajstić information content (AvgIpc) is 2.58. The van der Waals surface area contributed by atoms with Crippen molar-refractivity contribution in [3.05, 3.63) is 59.7 Å². The number of para-hydroxylation sites is 1. The normalized spacial score (nSPS) is 11.1. The highest BCUT2D eigenvalue weighted by Crippen LogP contribution is 2.18. The van der Waals surface area contributed by atoms with Gasteiger partial charge < -0.3 is 9.64 Å². The first-order valence-electron chi connectivity index (χ1n) is 7.50. The van der Waals surface area contributed by atoms with Crippen LogP contribution in [0.25, 0.3) is 0 Å². The molecule has 128 valence electrons. The molecule has 0 aliphatic heterocycles. The second kappa shape index (κ2) is 7.49. The molecule has 0 N–H and O–H groups in total. The van der Waals surface area contributed by atoms with E-state index in [2.05, 4.69) is 0 Å². The Labute approximate surface area is 142 Å². The van der Waals surface area contributed by atoms with Gasteiger partial charge in [0, 0.05) is 25.4 Å². The van der Waals surface area contributed by atoms with Crippen LogP contribution in [0.3, 0.4) is 0 Å². The van der Waals surface area contributed by atoms with Crippen molar-refractivity contribution in [1.29, 1.82) is 0 Å². The summed E-state index contributed by atoms with van der Waals surface area (Å²) in [4.78, 5) is 14.2. The molecule has 0 atom stereocenters. The van der Waals surface area contributed by atoms with Crippen molar-refractivity contribution < 1.29 is 17.9 Å². The molecule has 0 heterocycles. The Morgan fingerprint density at radius 2 is 1.83 bits per heavy atom. The van der Waals surface area contributed by atoms with E-state index in [1.807, 2.05) is 24.3 Å². The van der Waals surface area contributed by atoms with E-state index < -0.39 is 9.84 Å². The van der Waals surface area contributed by atoms with Crippen molar-refractivity contribution in [2.45, 2.75) is 11.3 Å². The van der Waals surface area contributed by atoms with Gasteiger partial charge in [0.15, 0.2) is 9.84 Å². The van der Waals surface area contributed by atoms with Gasteiger partial charge in [-0.2, -0.15) is 0 Å². The van der Waals surface area contributed by atoms with Crippen LogP contribution in [0.5, 0.6) is 5.75 Å². The molecule has 2 aromatic carbocycles. The van der Waals surface area contributed by atoms with E-state index >= 15 is 0 Å².